The maximum atomic E-state index is 12.2. The third-order valence-corrected chi connectivity index (χ3v) is 3.85. The van der Waals surface area contributed by atoms with Gasteiger partial charge in [0.05, 0.1) is 7.11 Å². The number of hydrogen-bond acceptors (Lipinski definition) is 5. The number of aryl methyl sites for hydroxylation is 1. The van der Waals surface area contributed by atoms with E-state index in [0.29, 0.717) is 37.0 Å². The third-order valence-electron chi connectivity index (χ3n) is 3.85. The van der Waals surface area contributed by atoms with Crippen molar-refractivity contribution < 1.29 is 19.0 Å². The summed E-state index contributed by atoms with van der Waals surface area (Å²) >= 11 is 0. The molecule has 1 aliphatic heterocycles. The van der Waals surface area contributed by atoms with Crippen LogP contribution in [0.5, 0.6) is 17.2 Å². The number of amides is 1. The van der Waals surface area contributed by atoms with Gasteiger partial charge in [-0.2, -0.15) is 0 Å². The Balaban J connectivity index is 1.66. The molecule has 0 spiro atoms. The van der Waals surface area contributed by atoms with Crippen molar-refractivity contribution in [1.29, 1.82) is 0 Å². The van der Waals surface area contributed by atoms with Gasteiger partial charge in [0.1, 0.15) is 31.3 Å². The molecule has 0 atom stereocenters. The zero-order valence-electron chi connectivity index (χ0n) is 13.9. The molecule has 1 aromatic heterocycles. The van der Waals surface area contributed by atoms with Crippen LogP contribution in [0.4, 0.5) is 0 Å². The van der Waals surface area contributed by atoms with E-state index < -0.39 is 0 Å². The van der Waals surface area contributed by atoms with Crippen LogP contribution in [0.1, 0.15) is 18.3 Å². The predicted octanol–water partition coefficient (Wildman–Crippen LogP) is 1.54. The predicted molar refractivity (Wildman–Crippen MR) is 87.4 cm³/mol. The van der Waals surface area contributed by atoms with Crippen molar-refractivity contribution in [2.45, 2.75) is 26.4 Å². The number of nitrogens with zero attached hydrogens (tertiary/aromatic N) is 2. The van der Waals surface area contributed by atoms with E-state index in [0.717, 1.165) is 17.8 Å². The molecule has 7 nitrogen and oxygen atoms in total. The number of methoxy groups -OCH3 is 1. The van der Waals surface area contributed by atoms with Crippen LogP contribution in [0.2, 0.25) is 0 Å². The lowest BCUT2D eigenvalue weighted by molar-refractivity contribution is -0.121. The van der Waals surface area contributed by atoms with Crippen molar-refractivity contribution in [2.75, 3.05) is 20.3 Å². The highest BCUT2D eigenvalue weighted by molar-refractivity contribution is 5.76. The fourth-order valence-electron chi connectivity index (χ4n) is 2.64. The Morgan fingerprint density at radius 1 is 1.33 bits per heavy atom. The first-order chi connectivity index (χ1) is 11.7. The number of nitrogens with one attached hydrogen (secondary N) is 1. The standard InChI is InChI=1S/C17H21N3O4/c1-3-16-18-4-5-20(16)11-17(21)19-10-12-8-14-15(9-13(12)22-2)24-7-6-23-14/h4-5,8-9H,3,6-7,10-11H2,1-2H3,(H,19,21). The minimum Gasteiger partial charge on any atom is -0.496 e. The van der Waals surface area contributed by atoms with Crippen LogP contribution in [0.3, 0.4) is 0 Å². The smallest absolute Gasteiger partial charge is 0.240 e. The number of rotatable bonds is 6. The van der Waals surface area contributed by atoms with Crippen molar-refractivity contribution in [3.63, 3.8) is 0 Å². The van der Waals surface area contributed by atoms with E-state index in [1.54, 1.807) is 19.4 Å². The average Bonchev–Trinajstić information content (AvgIpc) is 3.06. The van der Waals surface area contributed by atoms with Crippen LogP contribution < -0.4 is 19.5 Å². The van der Waals surface area contributed by atoms with Crippen molar-refractivity contribution in [1.82, 2.24) is 14.9 Å². The van der Waals surface area contributed by atoms with Gasteiger partial charge in [-0.25, -0.2) is 4.98 Å². The summed E-state index contributed by atoms with van der Waals surface area (Å²) in [5.41, 5.74) is 0.844. The molecular weight excluding hydrogens is 310 g/mol. The monoisotopic (exact) mass is 331 g/mol. The van der Waals surface area contributed by atoms with Crippen LogP contribution in [-0.2, 0) is 24.3 Å². The van der Waals surface area contributed by atoms with E-state index in [1.165, 1.54) is 0 Å². The quantitative estimate of drug-likeness (QED) is 0.869. The van der Waals surface area contributed by atoms with Gasteiger partial charge in [0.15, 0.2) is 11.5 Å². The average molecular weight is 331 g/mol. The van der Waals surface area contributed by atoms with E-state index in [9.17, 15) is 4.79 Å². The van der Waals surface area contributed by atoms with Crippen molar-refractivity contribution in [2.24, 2.45) is 0 Å². The maximum absolute atomic E-state index is 12.2. The highest BCUT2D eigenvalue weighted by Crippen LogP contribution is 2.36. The van der Waals surface area contributed by atoms with Gasteiger partial charge in [0.2, 0.25) is 5.91 Å². The molecule has 1 amide bonds. The fourth-order valence-corrected chi connectivity index (χ4v) is 2.64. The molecule has 0 bridgehead atoms. The lowest BCUT2D eigenvalue weighted by Gasteiger charge is -2.21. The van der Waals surface area contributed by atoms with Gasteiger partial charge in [-0.15, -0.1) is 0 Å². The molecule has 0 aliphatic carbocycles. The first kappa shape index (κ1) is 16.2. The Morgan fingerprint density at radius 3 is 2.79 bits per heavy atom. The number of carbonyl (C=O) groups is 1. The van der Waals surface area contributed by atoms with Crippen molar-refractivity contribution >= 4 is 5.91 Å². The van der Waals surface area contributed by atoms with E-state index >= 15 is 0 Å². The Bertz CT molecular complexity index is 727. The second kappa shape index (κ2) is 7.25. The molecule has 1 aromatic carbocycles. The lowest BCUT2D eigenvalue weighted by atomic mass is 10.1. The second-order valence-corrected chi connectivity index (χ2v) is 5.41. The number of hydrogen-bond donors (Lipinski definition) is 1. The largest absolute Gasteiger partial charge is 0.496 e. The third kappa shape index (κ3) is 3.45. The summed E-state index contributed by atoms with van der Waals surface area (Å²) in [6, 6.07) is 3.64. The molecule has 0 radical (unpaired) electrons. The fraction of sp³-hybridized carbons (Fsp3) is 0.412. The van der Waals surface area contributed by atoms with Crippen molar-refractivity contribution in [3.8, 4) is 17.2 Å². The highest BCUT2D eigenvalue weighted by atomic mass is 16.6. The number of carbonyl (C=O) groups excluding carboxylic acids is 1. The number of ether oxygens (including phenoxy) is 3. The first-order valence-corrected chi connectivity index (χ1v) is 7.94. The van der Waals surface area contributed by atoms with Gasteiger partial charge in [0.25, 0.3) is 0 Å². The topological polar surface area (TPSA) is 74.6 Å². The molecule has 0 saturated heterocycles. The second-order valence-electron chi connectivity index (χ2n) is 5.41. The summed E-state index contributed by atoms with van der Waals surface area (Å²) in [4.78, 5) is 16.4. The van der Waals surface area contributed by atoms with Gasteiger partial charge >= 0.3 is 0 Å². The summed E-state index contributed by atoms with van der Waals surface area (Å²) in [5.74, 6) is 2.81. The summed E-state index contributed by atoms with van der Waals surface area (Å²) < 4.78 is 18.3. The summed E-state index contributed by atoms with van der Waals surface area (Å²) in [6.45, 7) is 3.66. The molecule has 1 aliphatic rings. The molecule has 2 aromatic rings. The Labute approximate surface area is 140 Å². The normalized spacial score (nSPS) is 12.8. The zero-order valence-corrected chi connectivity index (χ0v) is 13.9. The molecular formula is C17H21N3O4. The van der Waals surface area contributed by atoms with E-state index in [-0.39, 0.29) is 12.5 Å². The maximum Gasteiger partial charge on any atom is 0.240 e. The molecule has 3 rings (SSSR count). The van der Waals surface area contributed by atoms with Crippen LogP contribution in [0.25, 0.3) is 0 Å². The minimum atomic E-state index is -0.0837. The van der Waals surface area contributed by atoms with Gasteiger partial charge < -0.3 is 24.1 Å². The van der Waals surface area contributed by atoms with Crippen LogP contribution in [-0.4, -0.2) is 35.8 Å². The van der Waals surface area contributed by atoms with Gasteiger partial charge in [-0.3, -0.25) is 4.79 Å². The number of fused-ring (bicyclic) bond motifs is 1. The number of imidazole rings is 1. The lowest BCUT2D eigenvalue weighted by Crippen LogP contribution is -2.27. The van der Waals surface area contributed by atoms with Crippen LogP contribution in [0.15, 0.2) is 24.5 Å². The first-order valence-electron chi connectivity index (χ1n) is 7.94. The molecule has 0 fully saturated rings. The van der Waals surface area contributed by atoms with Crippen molar-refractivity contribution in [3.05, 3.63) is 35.9 Å². The Hall–Kier alpha value is -2.70. The molecule has 2 heterocycles. The molecule has 1 N–H and O–H groups in total. The number of aromatic nitrogens is 2. The SMILES string of the molecule is CCc1nccn1CC(=O)NCc1cc2c(cc1OC)OCCO2. The summed E-state index contributed by atoms with van der Waals surface area (Å²) in [6.07, 6.45) is 4.30. The van der Waals surface area contributed by atoms with Crippen LogP contribution in [0, 0.1) is 0 Å². The molecule has 0 unspecified atom stereocenters. The minimum absolute atomic E-state index is 0.0837. The Morgan fingerprint density at radius 2 is 2.08 bits per heavy atom. The van der Waals surface area contributed by atoms with E-state index in [2.05, 4.69) is 10.3 Å². The van der Waals surface area contributed by atoms with Gasteiger partial charge in [0, 0.05) is 37.0 Å². The summed E-state index contributed by atoms with van der Waals surface area (Å²) in [7, 11) is 1.59. The van der Waals surface area contributed by atoms with Crippen LogP contribution >= 0.6 is 0 Å². The zero-order chi connectivity index (χ0) is 16.9. The highest BCUT2D eigenvalue weighted by Gasteiger charge is 2.17. The summed E-state index contributed by atoms with van der Waals surface area (Å²) in [5, 5.41) is 2.91. The van der Waals surface area contributed by atoms with E-state index in [4.69, 9.17) is 14.2 Å². The Kier molecular flexibility index (Phi) is 4.88. The molecule has 0 saturated carbocycles. The number of benzene rings is 1. The van der Waals surface area contributed by atoms with Gasteiger partial charge in [-0.1, -0.05) is 6.92 Å². The van der Waals surface area contributed by atoms with E-state index in [1.807, 2.05) is 23.8 Å². The molecule has 24 heavy (non-hydrogen) atoms. The van der Waals surface area contributed by atoms with Gasteiger partial charge in [-0.05, 0) is 6.07 Å². The molecule has 7 heteroatoms. The molecule has 128 valence electrons.